The number of nitrogens with zero attached hydrogens (tertiary/aromatic N) is 1. The van der Waals surface area contributed by atoms with E-state index in [1.165, 1.54) is 0 Å². The highest BCUT2D eigenvalue weighted by molar-refractivity contribution is 5.72. The van der Waals surface area contributed by atoms with Crippen LogP contribution in [0.3, 0.4) is 0 Å². The quantitative estimate of drug-likeness (QED) is 0.757. The molecule has 0 amide bonds. The minimum absolute atomic E-state index is 0.165. The molecular formula is C10H16N2O3. The van der Waals surface area contributed by atoms with E-state index in [4.69, 9.17) is 9.26 Å². The van der Waals surface area contributed by atoms with Crippen LogP contribution in [0.5, 0.6) is 0 Å². The lowest BCUT2D eigenvalue weighted by Gasteiger charge is -2.19. The molecular weight excluding hydrogens is 196 g/mol. The second kappa shape index (κ2) is 4.93. The smallest absolute Gasteiger partial charge is 0.320 e. The first-order chi connectivity index (χ1) is 6.97. The van der Waals surface area contributed by atoms with Crippen LogP contribution in [0.15, 0.2) is 16.8 Å². The Morgan fingerprint density at radius 3 is 2.87 bits per heavy atom. The van der Waals surface area contributed by atoms with E-state index in [0.717, 1.165) is 0 Å². The highest BCUT2D eigenvalue weighted by Gasteiger charge is 2.15. The van der Waals surface area contributed by atoms with Crippen LogP contribution >= 0.6 is 0 Å². The van der Waals surface area contributed by atoms with Gasteiger partial charge in [-0.3, -0.25) is 10.1 Å². The van der Waals surface area contributed by atoms with Gasteiger partial charge in [-0.2, -0.15) is 0 Å². The molecule has 0 aliphatic heterocycles. The molecule has 84 valence electrons. The second-order valence-corrected chi connectivity index (χ2v) is 4.17. The summed E-state index contributed by atoms with van der Waals surface area (Å²) >= 11 is 0. The summed E-state index contributed by atoms with van der Waals surface area (Å²) in [6, 6.07) is 1.74. The van der Waals surface area contributed by atoms with E-state index in [1.807, 2.05) is 20.8 Å². The fraction of sp³-hybridized carbons (Fsp3) is 0.600. The molecule has 1 aromatic rings. The Hall–Kier alpha value is -1.36. The SMILES string of the molecule is CC(C)(C)OC(=O)CNCc1ccno1. The van der Waals surface area contributed by atoms with E-state index in [9.17, 15) is 4.79 Å². The molecule has 15 heavy (non-hydrogen) atoms. The van der Waals surface area contributed by atoms with Crippen molar-refractivity contribution in [2.75, 3.05) is 6.54 Å². The number of carbonyl (C=O) groups is 1. The number of ether oxygens (including phenoxy) is 1. The molecule has 0 fully saturated rings. The van der Waals surface area contributed by atoms with Gasteiger partial charge in [-0.05, 0) is 20.8 Å². The van der Waals surface area contributed by atoms with Gasteiger partial charge < -0.3 is 9.26 Å². The molecule has 1 rings (SSSR count). The Kier molecular flexibility index (Phi) is 3.85. The lowest BCUT2D eigenvalue weighted by molar-refractivity contribution is -0.153. The van der Waals surface area contributed by atoms with Crippen molar-refractivity contribution in [1.29, 1.82) is 0 Å². The molecule has 0 saturated carbocycles. The zero-order valence-corrected chi connectivity index (χ0v) is 9.24. The van der Waals surface area contributed by atoms with Gasteiger partial charge in [-0.15, -0.1) is 0 Å². The highest BCUT2D eigenvalue weighted by Crippen LogP contribution is 2.06. The molecule has 0 aliphatic carbocycles. The first kappa shape index (κ1) is 11.7. The van der Waals surface area contributed by atoms with E-state index < -0.39 is 5.60 Å². The van der Waals surface area contributed by atoms with Gasteiger partial charge in [0.25, 0.3) is 0 Å². The molecule has 1 heterocycles. The van der Waals surface area contributed by atoms with Gasteiger partial charge >= 0.3 is 5.97 Å². The number of esters is 1. The topological polar surface area (TPSA) is 64.4 Å². The number of carbonyl (C=O) groups excluding carboxylic acids is 1. The van der Waals surface area contributed by atoms with Crippen LogP contribution in [0.2, 0.25) is 0 Å². The van der Waals surface area contributed by atoms with Crippen molar-refractivity contribution in [3.05, 3.63) is 18.0 Å². The van der Waals surface area contributed by atoms with Gasteiger partial charge in [0.15, 0.2) is 0 Å². The van der Waals surface area contributed by atoms with Crippen molar-refractivity contribution < 1.29 is 14.1 Å². The normalized spacial score (nSPS) is 11.4. The van der Waals surface area contributed by atoms with E-state index in [-0.39, 0.29) is 12.5 Å². The molecule has 0 bridgehead atoms. The van der Waals surface area contributed by atoms with Crippen molar-refractivity contribution in [1.82, 2.24) is 10.5 Å². The molecule has 0 unspecified atom stereocenters. The van der Waals surface area contributed by atoms with Crippen LogP contribution in [-0.2, 0) is 16.1 Å². The highest BCUT2D eigenvalue weighted by atomic mass is 16.6. The number of aromatic nitrogens is 1. The maximum Gasteiger partial charge on any atom is 0.320 e. The van der Waals surface area contributed by atoms with Gasteiger partial charge in [-0.1, -0.05) is 5.16 Å². The molecule has 5 nitrogen and oxygen atoms in total. The predicted octanol–water partition coefficient (Wildman–Crippen LogP) is 1.11. The summed E-state index contributed by atoms with van der Waals surface area (Å²) in [6.07, 6.45) is 1.56. The largest absolute Gasteiger partial charge is 0.459 e. The van der Waals surface area contributed by atoms with Crippen LogP contribution in [0.4, 0.5) is 0 Å². The molecule has 0 saturated heterocycles. The van der Waals surface area contributed by atoms with Crippen LogP contribution in [0.1, 0.15) is 26.5 Å². The Bertz CT molecular complexity index is 301. The lowest BCUT2D eigenvalue weighted by Crippen LogP contribution is -2.31. The van der Waals surface area contributed by atoms with Gasteiger partial charge in [0.1, 0.15) is 11.4 Å². The van der Waals surface area contributed by atoms with Gasteiger partial charge in [0.05, 0.1) is 19.3 Å². The van der Waals surface area contributed by atoms with Crippen LogP contribution in [0.25, 0.3) is 0 Å². The van der Waals surface area contributed by atoms with E-state index >= 15 is 0 Å². The molecule has 5 heteroatoms. The summed E-state index contributed by atoms with van der Waals surface area (Å²) in [4.78, 5) is 11.3. The molecule has 1 aromatic heterocycles. The van der Waals surface area contributed by atoms with E-state index in [0.29, 0.717) is 12.3 Å². The monoisotopic (exact) mass is 212 g/mol. The molecule has 0 atom stereocenters. The van der Waals surface area contributed by atoms with Crippen molar-refractivity contribution >= 4 is 5.97 Å². The Balaban J connectivity index is 2.18. The average molecular weight is 212 g/mol. The molecule has 0 radical (unpaired) electrons. The molecule has 0 spiro atoms. The summed E-state index contributed by atoms with van der Waals surface area (Å²) in [5.41, 5.74) is -0.439. The standard InChI is InChI=1S/C10H16N2O3/c1-10(2,3)14-9(13)7-11-6-8-4-5-12-15-8/h4-5,11H,6-7H2,1-3H3. The van der Waals surface area contributed by atoms with Gasteiger partial charge in [-0.25, -0.2) is 0 Å². The third kappa shape index (κ3) is 5.17. The minimum Gasteiger partial charge on any atom is -0.459 e. The first-order valence-electron chi connectivity index (χ1n) is 4.79. The first-order valence-corrected chi connectivity index (χ1v) is 4.79. The Morgan fingerprint density at radius 2 is 2.33 bits per heavy atom. The lowest BCUT2D eigenvalue weighted by atomic mass is 10.2. The van der Waals surface area contributed by atoms with Crippen LogP contribution < -0.4 is 5.32 Å². The minimum atomic E-state index is -0.439. The third-order valence-corrected chi connectivity index (χ3v) is 1.48. The van der Waals surface area contributed by atoms with E-state index in [2.05, 4.69) is 10.5 Å². The zero-order valence-electron chi connectivity index (χ0n) is 9.24. The average Bonchev–Trinajstić information content (AvgIpc) is 2.53. The maximum atomic E-state index is 11.3. The number of hydrogen-bond acceptors (Lipinski definition) is 5. The van der Waals surface area contributed by atoms with Crippen molar-refractivity contribution in [3.63, 3.8) is 0 Å². The summed E-state index contributed by atoms with van der Waals surface area (Å²) in [5, 5.41) is 6.45. The third-order valence-electron chi connectivity index (χ3n) is 1.48. The number of rotatable bonds is 4. The van der Waals surface area contributed by atoms with Crippen molar-refractivity contribution in [3.8, 4) is 0 Å². The summed E-state index contributed by atoms with van der Waals surface area (Å²) < 4.78 is 9.96. The van der Waals surface area contributed by atoms with E-state index in [1.54, 1.807) is 12.3 Å². The number of hydrogen-bond donors (Lipinski definition) is 1. The van der Waals surface area contributed by atoms with Crippen LogP contribution in [-0.4, -0.2) is 23.3 Å². The molecule has 1 N–H and O–H groups in total. The fourth-order valence-electron chi connectivity index (χ4n) is 0.999. The Labute approximate surface area is 88.8 Å². The van der Waals surface area contributed by atoms with Gasteiger partial charge in [0.2, 0.25) is 0 Å². The van der Waals surface area contributed by atoms with Crippen molar-refractivity contribution in [2.24, 2.45) is 0 Å². The summed E-state index contributed by atoms with van der Waals surface area (Å²) in [7, 11) is 0. The van der Waals surface area contributed by atoms with Gasteiger partial charge in [0, 0.05) is 6.07 Å². The number of nitrogens with one attached hydrogen (secondary N) is 1. The van der Waals surface area contributed by atoms with Crippen LogP contribution in [0, 0.1) is 0 Å². The molecule has 0 aromatic carbocycles. The summed E-state index contributed by atoms with van der Waals surface area (Å²) in [6.45, 7) is 6.14. The Morgan fingerprint density at radius 1 is 1.60 bits per heavy atom. The van der Waals surface area contributed by atoms with Crippen molar-refractivity contribution in [2.45, 2.75) is 32.9 Å². The summed E-state index contributed by atoms with van der Waals surface area (Å²) in [5.74, 6) is 0.417. The molecule has 0 aliphatic rings. The zero-order chi connectivity index (χ0) is 11.3. The fourth-order valence-corrected chi connectivity index (χ4v) is 0.999. The predicted molar refractivity (Wildman–Crippen MR) is 54.1 cm³/mol. The second-order valence-electron chi connectivity index (χ2n) is 4.17. The maximum absolute atomic E-state index is 11.3.